The zero-order valence-electron chi connectivity index (χ0n) is 14.1. The minimum atomic E-state index is 0.425. The third-order valence-corrected chi connectivity index (χ3v) is 6.18. The summed E-state index contributed by atoms with van der Waals surface area (Å²) in [5.74, 6) is 0.709. The first-order valence-corrected chi connectivity index (χ1v) is 8.45. The summed E-state index contributed by atoms with van der Waals surface area (Å²) >= 11 is 0. The van der Waals surface area contributed by atoms with E-state index in [0.717, 1.165) is 26.2 Å². The molecule has 0 amide bonds. The molecular formula is C19H30N2. The molecule has 1 saturated carbocycles. The molecule has 0 unspecified atom stereocenters. The number of piperazine rings is 1. The van der Waals surface area contributed by atoms with Crippen LogP contribution in [0.2, 0.25) is 0 Å². The maximum Gasteiger partial charge on any atom is 0.0402 e. The molecule has 0 radical (unpaired) electrons. The topological polar surface area (TPSA) is 15.3 Å². The maximum atomic E-state index is 3.46. The standard InChI is InChI=1S/C19H30N2/c1-18(2)13-15(14-19(18,3)4)16-7-5-6-8-17(16)21-11-9-20-10-12-21/h5-8,15,20H,9-14H2,1-4H3. The van der Waals surface area contributed by atoms with Gasteiger partial charge < -0.3 is 10.2 Å². The van der Waals surface area contributed by atoms with Crippen molar-refractivity contribution in [2.24, 2.45) is 10.8 Å². The van der Waals surface area contributed by atoms with Gasteiger partial charge in [-0.1, -0.05) is 45.9 Å². The zero-order chi connectivity index (χ0) is 15.1. The van der Waals surface area contributed by atoms with Crippen LogP contribution in [0.25, 0.3) is 0 Å². The summed E-state index contributed by atoms with van der Waals surface area (Å²) in [6.45, 7) is 14.3. The highest BCUT2D eigenvalue weighted by Crippen LogP contribution is 2.58. The fraction of sp³-hybridized carbons (Fsp3) is 0.684. The number of nitrogens with one attached hydrogen (secondary N) is 1. The van der Waals surface area contributed by atoms with Gasteiger partial charge in [0.2, 0.25) is 0 Å². The van der Waals surface area contributed by atoms with Crippen LogP contribution in [-0.4, -0.2) is 26.2 Å². The first-order chi connectivity index (χ1) is 9.91. The fourth-order valence-electron chi connectivity index (χ4n) is 4.10. The molecule has 2 fully saturated rings. The van der Waals surface area contributed by atoms with Crippen molar-refractivity contribution in [3.8, 4) is 0 Å². The lowest BCUT2D eigenvalue weighted by atomic mass is 9.71. The van der Waals surface area contributed by atoms with Gasteiger partial charge in [0.15, 0.2) is 0 Å². The summed E-state index contributed by atoms with van der Waals surface area (Å²) in [7, 11) is 0. The average molecular weight is 286 g/mol. The van der Waals surface area contributed by atoms with Gasteiger partial charge >= 0.3 is 0 Å². The summed E-state index contributed by atoms with van der Waals surface area (Å²) in [5, 5.41) is 3.46. The van der Waals surface area contributed by atoms with Crippen molar-refractivity contribution < 1.29 is 0 Å². The molecule has 2 heteroatoms. The van der Waals surface area contributed by atoms with E-state index in [9.17, 15) is 0 Å². The number of hydrogen-bond acceptors (Lipinski definition) is 2. The van der Waals surface area contributed by atoms with Gasteiger partial charge in [-0.25, -0.2) is 0 Å². The van der Waals surface area contributed by atoms with Crippen LogP contribution in [0.3, 0.4) is 0 Å². The monoisotopic (exact) mass is 286 g/mol. The minimum absolute atomic E-state index is 0.425. The summed E-state index contributed by atoms with van der Waals surface area (Å²) in [4.78, 5) is 2.57. The molecule has 1 heterocycles. The van der Waals surface area contributed by atoms with E-state index < -0.39 is 0 Å². The normalized spacial score (nSPS) is 25.2. The molecule has 0 atom stereocenters. The lowest BCUT2D eigenvalue weighted by Gasteiger charge is -2.34. The van der Waals surface area contributed by atoms with Crippen LogP contribution in [0, 0.1) is 10.8 Å². The van der Waals surface area contributed by atoms with E-state index in [2.05, 4.69) is 62.2 Å². The molecule has 116 valence electrons. The van der Waals surface area contributed by atoms with Crippen molar-refractivity contribution in [2.45, 2.75) is 46.5 Å². The van der Waals surface area contributed by atoms with Crippen LogP contribution in [-0.2, 0) is 0 Å². The summed E-state index contributed by atoms with van der Waals surface area (Å²) in [6, 6.07) is 9.13. The molecule has 1 aromatic carbocycles. The molecule has 3 rings (SSSR count). The largest absolute Gasteiger partial charge is 0.369 e. The third kappa shape index (κ3) is 2.70. The summed E-state index contributed by atoms with van der Waals surface area (Å²) < 4.78 is 0. The summed E-state index contributed by atoms with van der Waals surface area (Å²) in [6.07, 6.45) is 2.62. The number of benzene rings is 1. The Balaban J connectivity index is 1.89. The van der Waals surface area contributed by atoms with E-state index in [1.165, 1.54) is 18.5 Å². The minimum Gasteiger partial charge on any atom is -0.369 e. The van der Waals surface area contributed by atoms with Gasteiger partial charge in [0.05, 0.1) is 0 Å². The number of rotatable bonds is 2. The molecule has 0 aromatic heterocycles. The van der Waals surface area contributed by atoms with Gasteiger partial charge in [0.25, 0.3) is 0 Å². The van der Waals surface area contributed by atoms with E-state index in [4.69, 9.17) is 0 Å². The first kappa shape index (κ1) is 14.9. The predicted octanol–water partition coefficient (Wildman–Crippen LogP) is 4.03. The Morgan fingerprint density at radius 2 is 1.52 bits per heavy atom. The highest BCUT2D eigenvalue weighted by molar-refractivity contribution is 5.56. The average Bonchev–Trinajstić information content (AvgIpc) is 2.68. The molecule has 1 aliphatic carbocycles. The van der Waals surface area contributed by atoms with Crippen LogP contribution in [0.5, 0.6) is 0 Å². The highest BCUT2D eigenvalue weighted by Gasteiger charge is 2.47. The highest BCUT2D eigenvalue weighted by atomic mass is 15.2. The van der Waals surface area contributed by atoms with Crippen LogP contribution in [0.15, 0.2) is 24.3 Å². The molecule has 1 aromatic rings. The molecule has 2 aliphatic rings. The molecule has 0 spiro atoms. The van der Waals surface area contributed by atoms with Crippen LogP contribution in [0.4, 0.5) is 5.69 Å². The fourth-order valence-corrected chi connectivity index (χ4v) is 4.10. The molecule has 1 aliphatic heterocycles. The van der Waals surface area contributed by atoms with E-state index >= 15 is 0 Å². The molecular weight excluding hydrogens is 256 g/mol. The lowest BCUT2D eigenvalue weighted by molar-refractivity contribution is 0.157. The van der Waals surface area contributed by atoms with Crippen molar-refractivity contribution in [3.05, 3.63) is 29.8 Å². The first-order valence-electron chi connectivity index (χ1n) is 8.45. The Morgan fingerprint density at radius 3 is 2.14 bits per heavy atom. The second-order valence-corrected chi connectivity index (χ2v) is 8.17. The molecule has 1 N–H and O–H groups in total. The van der Waals surface area contributed by atoms with E-state index in [0.29, 0.717) is 16.7 Å². The van der Waals surface area contributed by atoms with Crippen molar-refractivity contribution in [1.29, 1.82) is 0 Å². The van der Waals surface area contributed by atoms with Gasteiger partial charge in [-0.3, -0.25) is 0 Å². The van der Waals surface area contributed by atoms with Crippen LogP contribution >= 0.6 is 0 Å². The molecule has 1 saturated heterocycles. The predicted molar refractivity (Wildman–Crippen MR) is 91.1 cm³/mol. The van der Waals surface area contributed by atoms with Gasteiger partial charge in [-0.05, 0) is 41.2 Å². The van der Waals surface area contributed by atoms with Gasteiger partial charge in [0.1, 0.15) is 0 Å². The number of nitrogens with zero attached hydrogens (tertiary/aromatic N) is 1. The van der Waals surface area contributed by atoms with Gasteiger partial charge in [-0.2, -0.15) is 0 Å². The van der Waals surface area contributed by atoms with Crippen molar-refractivity contribution in [2.75, 3.05) is 31.1 Å². The SMILES string of the molecule is CC1(C)CC(c2ccccc2N2CCNCC2)CC1(C)C. The quantitative estimate of drug-likeness (QED) is 0.883. The van der Waals surface area contributed by atoms with Gasteiger partial charge in [0, 0.05) is 31.9 Å². The molecule has 21 heavy (non-hydrogen) atoms. The lowest BCUT2D eigenvalue weighted by Crippen LogP contribution is -2.44. The van der Waals surface area contributed by atoms with Gasteiger partial charge in [-0.15, -0.1) is 0 Å². The van der Waals surface area contributed by atoms with Crippen LogP contribution < -0.4 is 10.2 Å². The van der Waals surface area contributed by atoms with E-state index in [1.54, 1.807) is 5.56 Å². The molecule has 2 nitrogen and oxygen atoms in total. The Hall–Kier alpha value is -1.02. The second-order valence-electron chi connectivity index (χ2n) is 8.17. The van der Waals surface area contributed by atoms with Crippen molar-refractivity contribution in [1.82, 2.24) is 5.32 Å². The van der Waals surface area contributed by atoms with Crippen molar-refractivity contribution in [3.63, 3.8) is 0 Å². The zero-order valence-corrected chi connectivity index (χ0v) is 14.1. The van der Waals surface area contributed by atoms with E-state index in [1.807, 2.05) is 0 Å². The number of hydrogen-bond donors (Lipinski definition) is 1. The molecule has 0 bridgehead atoms. The third-order valence-electron chi connectivity index (χ3n) is 6.18. The maximum absolute atomic E-state index is 3.46. The number of anilines is 1. The number of para-hydroxylation sites is 1. The second kappa shape index (κ2) is 5.31. The van der Waals surface area contributed by atoms with Crippen molar-refractivity contribution >= 4 is 5.69 Å². The van der Waals surface area contributed by atoms with Crippen LogP contribution in [0.1, 0.15) is 52.0 Å². The summed E-state index contributed by atoms with van der Waals surface area (Å²) in [5.41, 5.74) is 3.91. The van der Waals surface area contributed by atoms with E-state index in [-0.39, 0.29) is 0 Å². The Morgan fingerprint density at radius 1 is 0.952 bits per heavy atom. The Bertz CT molecular complexity index is 482. The Kier molecular flexibility index (Phi) is 3.77. The smallest absolute Gasteiger partial charge is 0.0402 e. The Labute approximate surface area is 129 Å².